The fourth-order valence-electron chi connectivity index (χ4n) is 9.65. The molecule has 2 aromatic carbocycles. The lowest BCUT2D eigenvalue weighted by Gasteiger charge is -2.35. The van der Waals surface area contributed by atoms with Crippen molar-refractivity contribution in [2.24, 2.45) is 0 Å². The summed E-state index contributed by atoms with van der Waals surface area (Å²) in [5, 5.41) is 11.4. The molecule has 4 aromatic rings. The lowest BCUT2D eigenvalue weighted by Crippen LogP contribution is -2.47. The topological polar surface area (TPSA) is 274 Å². The molecule has 0 saturated carbocycles. The summed E-state index contributed by atoms with van der Waals surface area (Å²) in [5.41, 5.74) is 5.98. The average molecular weight is 1180 g/mol. The summed E-state index contributed by atoms with van der Waals surface area (Å²) in [5.74, 6) is -1.05. The second kappa shape index (κ2) is 32.0. The number of nitrogens with zero attached hydrogens (tertiary/aromatic N) is 10. The maximum atomic E-state index is 13.4. The van der Waals surface area contributed by atoms with E-state index in [0.29, 0.717) is 91.5 Å². The van der Waals surface area contributed by atoms with Crippen molar-refractivity contribution in [2.45, 2.75) is 40.8 Å². The normalized spacial score (nSPS) is 18.5. The molecule has 0 spiro atoms. The zero-order valence-corrected chi connectivity index (χ0v) is 50.6. The molecular formula is C52H86N10O13P4. The fourth-order valence-corrected chi connectivity index (χ4v) is 14.3. The van der Waals surface area contributed by atoms with E-state index in [9.17, 15) is 52.5 Å². The minimum Gasteiger partial charge on any atom is -0.480 e. The number of rotatable bonds is 20. The minimum atomic E-state index is -4.35. The molecule has 2 aliphatic heterocycles. The molecule has 2 aliphatic rings. The van der Waals surface area contributed by atoms with Crippen molar-refractivity contribution in [1.29, 1.82) is 0 Å². The summed E-state index contributed by atoms with van der Waals surface area (Å²) >= 11 is 0. The zero-order chi connectivity index (χ0) is 57.8. The predicted molar refractivity (Wildman–Crippen MR) is 310 cm³/mol. The molecule has 0 aliphatic carbocycles. The number of carbonyl (C=O) groups is 2. The molecule has 0 unspecified atom stereocenters. The van der Waals surface area contributed by atoms with E-state index in [4.69, 9.17) is 19.0 Å². The van der Waals surface area contributed by atoms with Gasteiger partial charge in [0, 0.05) is 129 Å². The van der Waals surface area contributed by atoms with E-state index in [1.54, 1.807) is 14.7 Å². The van der Waals surface area contributed by atoms with Gasteiger partial charge in [-0.1, -0.05) is 35.4 Å². The molecule has 79 heavy (non-hydrogen) atoms. The lowest BCUT2D eigenvalue weighted by atomic mass is 10.1. The highest BCUT2D eigenvalue weighted by atomic mass is 31.2. The summed E-state index contributed by atoms with van der Waals surface area (Å²) in [4.78, 5) is 86.7. The summed E-state index contributed by atoms with van der Waals surface area (Å²) in [6, 6.07) is 20.5. The number of pyridine rings is 2. The van der Waals surface area contributed by atoms with Gasteiger partial charge in [0.1, 0.15) is 25.1 Å². The van der Waals surface area contributed by atoms with Gasteiger partial charge >= 0.3 is 28.8 Å². The molecule has 6 rings (SSSR count). The number of aliphatic carboxylic acids is 1. The van der Waals surface area contributed by atoms with Gasteiger partial charge in [-0.3, -0.25) is 67.7 Å². The molecule has 0 radical (unpaired) electrons. The highest BCUT2D eigenvalue weighted by Crippen LogP contribution is 2.48. The van der Waals surface area contributed by atoms with Crippen LogP contribution in [0, 0.1) is 13.8 Å². The largest absolute Gasteiger partial charge is 0.480 e. The van der Waals surface area contributed by atoms with E-state index in [0.717, 1.165) is 71.2 Å². The van der Waals surface area contributed by atoms with Gasteiger partial charge in [-0.25, -0.2) is 0 Å². The van der Waals surface area contributed by atoms with Gasteiger partial charge < -0.3 is 43.1 Å². The molecular weight excluding hydrogens is 1100 g/mol. The minimum absolute atomic E-state index is 0.200. The maximum Gasteiger partial charge on any atom is 0.344 e. The molecule has 2 fully saturated rings. The molecule has 2 saturated heterocycles. The Balaban J connectivity index is 0.000000291. The van der Waals surface area contributed by atoms with Crippen LogP contribution in [-0.2, 0) is 50.0 Å². The number of aromatic nitrogens is 2. The zero-order valence-electron chi connectivity index (χ0n) is 47.0. The number of hydrogen-bond acceptors (Lipinski definition) is 18. The van der Waals surface area contributed by atoms with Crippen molar-refractivity contribution >= 4 is 64.0 Å². The second-order valence-corrected chi connectivity index (χ2v) is 29.8. The summed E-state index contributed by atoms with van der Waals surface area (Å²) < 4.78 is 61.0. The van der Waals surface area contributed by atoms with E-state index in [-0.39, 0.29) is 39.0 Å². The van der Waals surface area contributed by atoms with Gasteiger partial charge in [-0.2, -0.15) is 0 Å². The van der Waals surface area contributed by atoms with Crippen LogP contribution in [-0.4, -0.2) is 256 Å². The number of fused-ring (bicyclic) bond motifs is 2. The first-order chi connectivity index (χ1) is 37.3. The number of benzene rings is 2. The molecule has 5 N–H and O–H groups in total. The first-order valence-corrected chi connectivity index (χ1v) is 35.1. The van der Waals surface area contributed by atoms with Crippen LogP contribution in [0.2, 0.25) is 0 Å². The Hall–Kier alpha value is -3.24. The summed E-state index contributed by atoms with van der Waals surface area (Å²) in [6.45, 7) is 21.2. The van der Waals surface area contributed by atoms with Crippen LogP contribution >= 0.6 is 29.9 Å². The van der Waals surface area contributed by atoms with Crippen molar-refractivity contribution in [1.82, 2.24) is 49.2 Å². The van der Waals surface area contributed by atoms with Crippen LogP contribution in [0.1, 0.15) is 36.4 Å². The second-order valence-electron chi connectivity index (χ2n) is 21.1. The standard InChI is InChI=1S/C29H49N5O5P2.C23H37N5O8P2/c1-6-38-41(37,39-7-2)25-34-17-13-31(20-21-35)12-16-33(24-40(4,5)36)18-14-32(15-19-34)23-28-10-9-27-22-26(3)8-11-29(27)30-28;1-19-2-5-22-20(14-19)3-4-21(24-22)15-25-6-10-27(17-37(31,32)33)12-8-26(16-23(29)30)9-13-28(11-7-25)18-38(34,35)36/h8-11,21-22H,6-7,12-20,23-25H2,1-5H3;2-5,14H,6-13,15-18H2,1H3,(H,29,30)(H2,31,32,33)(H2,34,35,36). The Morgan fingerprint density at radius 3 is 1.23 bits per heavy atom. The number of aldehydes is 1. The van der Waals surface area contributed by atoms with Gasteiger partial charge in [0.15, 0.2) is 0 Å². The smallest absolute Gasteiger partial charge is 0.344 e. The number of aryl methyl sites for hydroxylation is 2. The third-order valence-electron chi connectivity index (χ3n) is 13.5. The highest BCUT2D eigenvalue weighted by Gasteiger charge is 2.30. The van der Waals surface area contributed by atoms with Gasteiger partial charge in [-0.15, -0.1) is 0 Å². The number of carboxylic acids is 1. The summed E-state index contributed by atoms with van der Waals surface area (Å²) in [7, 11) is -14.2. The fraction of sp³-hybridized carbons (Fsp3) is 0.615. The van der Waals surface area contributed by atoms with E-state index >= 15 is 0 Å². The molecule has 0 bridgehead atoms. The summed E-state index contributed by atoms with van der Waals surface area (Å²) in [6.07, 6.45) is 0.780. The van der Waals surface area contributed by atoms with E-state index < -0.39 is 48.5 Å². The number of hydrogen-bond donors (Lipinski definition) is 5. The SMILES string of the molecule is CCOP(=O)(CN1CCN(CC=O)CCN(CP(C)(C)=O)CCN(Cc2ccc3cc(C)ccc3n2)CC1)OCC.Cc1ccc2nc(CN3CCN(CP(=O)(O)O)CCN(CC(=O)O)CCN(CP(=O)(O)O)CC3)ccc2c1. The Kier molecular flexibility index (Phi) is 27.0. The van der Waals surface area contributed by atoms with Crippen LogP contribution in [0.15, 0.2) is 60.7 Å². The lowest BCUT2D eigenvalue weighted by molar-refractivity contribution is -0.138. The highest BCUT2D eigenvalue weighted by molar-refractivity contribution is 7.62. The maximum absolute atomic E-state index is 13.4. The molecule has 0 amide bonds. The molecule has 23 nitrogen and oxygen atoms in total. The van der Waals surface area contributed by atoms with Crippen LogP contribution in [0.4, 0.5) is 0 Å². The first kappa shape index (κ1) is 66.6. The van der Waals surface area contributed by atoms with Crippen molar-refractivity contribution < 1.29 is 61.6 Å². The predicted octanol–water partition coefficient (Wildman–Crippen LogP) is 4.89. The third kappa shape index (κ3) is 25.8. The third-order valence-corrected chi connectivity index (χ3v) is 18.1. The van der Waals surface area contributed by atoms with Crippen molar-refractivity contribution in [2.75, 3.05) is 169 Å². The number of carboxylic acid groups (broad SMARTS) is 1. The molecule has 2 aromatic heterocycles. The Labute approximate surface area is 466 Å². The quantitative estimate of drug-likeness (QED) is 0.0582. The molecule has 27 heteroatoms. The van der Waals surface area contributed by atoms with Gasteiger partial charge in [-0.05, 0) is 77.4 Å². The van der Waals surface area contributed by atoms with Crippen molar-refractivity contribution in [3.05, 3.63) is 83.2 Å². The molecule has 442 valence electrons. The molecule has 0 atom stereocenters. The Morgan fingerprint density at radius 1 is 0.519 bits per heavy atom. The van der Waals surface area contributed by atoms with Gasteiger partial charge in [0.05, 0.1) is 62.2 Å². The van der Waals surface area contributed by atoms with Crippen molar-refractivity contribution in [3.63, 3.8) is 0 Å². The Bertz CT molecular complexity index is 2720. The van der Waals surface area contributed by atoms with Crippen LogP contribution in [0.3, 0.4) is 0 Å². The van der Waals surface area contributed by atoms with Crippen LogP contribution in [0.5, 0.6) is 0 Å². The van der Waals surface area contributed by atoms with Gasteiger partial charge in [0.25, 0.3) is 0 Å². The van der Waals surface area contributed by atoms with Crippen LogP contribution in [0.25, 0.3) is 21.8 Å². The first-order valence-electron chi connectivity index (χ1n) is 27.0. The van der Waals surface area contributed by atoms with Crippen LogP contribution < -0.4 is 0 Å². The molecule has 4 heterocycles. The van der Waals surface area contributed by atoms with Crippen molar-refractivity contribution in [3.8, 4) is 0 Å². The monoisotopic (exact) mass is 1180 g/mol. The number of carbonyl (C=O) groups excluding carboxylic acids is 1. The average Bonchev–Trinajstić information content (AvgIpc) is 3.35. The van der Waals surface area contributed by atoms with Gasteiger partial charge in [0.2, 0.25) is 0 Å². The Morgan fingerprint density at radius 2 is 0.873 bits per heavy atom. The van der Waals surface area contributed by atoms with E-state index in [1.807, 2.05) is 58.4 Å². The van der Waals surface area contributed by atoms with E-state index in [1.165, 1.54) is 5.56 Å². The van der Waals surface area contributed by atoms with E-state index in [2.05, 4.69) is 67.8 Å².